The van der Waals surface area contributed by atoms with Crippen LogP contribution in [0.1, 0.15) is 46.9 Å². The Bertz CT molecular complexity index is 816. The molecule has 0 saturated carbocycles. The van der Waals surface area contributed by atoms with E-state index < -0.39 is 0 Å². The Morgan fingerprint density at radius 3 is 2.64 bits per heavy atom. The maximum atomic E-state index is 12.5. The molecule has 1 aliphatic rings. The first-order valence-electron chi connectivity index (χ1n) is 9.70. The predicted molar refractivity (Wildman–Crippen MR) is 108 cm³/mol. The molecule has 1 atom stereocenters. The highest BCUT2D eigenvalue weighted by molar-refractivity contribution is 6.05. The third kappa shape index (κ3) is 5.57. The van der Waals surface area contributed by atoms with Crippen molar-refractivity contribution in [2.75, 3.05) is 25.1 Å². The lowest BCUT2D eigenvalue weighted by Crippen LogP contribution is -2.31. The Morgan fingerprint density at radius 1 is 1.11 bits per heavy atom. The Labute approximate surface area is 165 Å². The molecule has 2 amide bonds. The average molecular weight is 382 g/mol. The Balaban J connectivity index is 1.60. The van der Waals surface area contributed by atoms with Crippen LogP contribution >= 0.6 is 0 Å². The largest absolute Gasteiger partial charge is 0.494 e. The van der Waals surface area contributed by atoms with Crippen molar-refractivity contribution in [2.45, 2.75) is 32.3 Å². The van der Waals surface area contributed by atoms with Crippen molar-refractivity contribution >= 4 is 17.5 Å². The van der Waals surface area contributed by atoms with E-state index >= 15 is 0 Å². The van der Waals surface area contributed by atoms with Crippen molar-refractivity contribution in [3.8, 4) is 5.75 Å². The zero-order chi connectivity index (χ0) is 19.8. The molecule has 1 fully saturated rings. The van der Waals surface area contributed by atoms with Gasteiger partial charge in [-0.3, -0.25) is 9.59 Å². The van der Waals surface area contributed by atoms with Crippen molar-refractivity contribution in [1.29, 1.82) is 0 Å². The predicted octanol–water partition coefficient (Wildman–Crippen LogP) is 3.64. The van der Waals surface area contributed by atoms with E-state index in [1.807, 2.05) is 13.0 Å². The van der Waals surface area contributed by atoms with Crippen molar-refractivity contribution in [1.82, 2.24) is 5.32 Å². The van der Waals surface area contributed by atoms with Gasteiger partial charge in [-0.25, -0.2) is 0 Å². The zero-order valence-corrected chi connectivity index (χ0v) is 16.1. The second-order valence-corrected chi connectivity index (χ2v) is 6.76. The highest BCUT2D eigenvalue weighted by atomic mass is 16.5. The average Bonchev–Trinajstić information content (AvgIpc) is 3.24. The van der Waals surface area contributed by atoms with E-state index in [0.717, 1.165) is 25.9 Å². The summed E-state index contributed by atoms with van der Waals surface area (Å²) >= 11 is 0. The molecule has 28 heavy (non-hydrogen) atoms. The first-order chi connectivity index (χ1) is 13.7. The van der Waals surface area contributed by atoms with Gasteiger partial charge in [-0.15, -0.1) is 0 Å². The Morgan fingerprint density at radius 2 is 1.89 bits per heavy atom. The maximum Gasteiger partial charge on any atom is 0.255 e. The van der Waals surface area contributed by atoms with E-state index in [2.05, 4.69) is 10.6 Å². The van der Waals surface area contributed by atoms with Crippen LogP contribution in [0.25, 0.3) is 0 Å². The van der Waals surface area contributed by atoms with Gasteiger partial charge in [0.15, 0.2) is 0 Å². The van der Waals surface area contributed by atoms with Gasteiger partial charge >= 0.3 is 0 Å². The van der Waals surface area contributed by atoms with E-state index in [1.165, 1.54) is 0 Å². The number of benzene rings is 2. The fraction of sp³-hybridized carbons (Fsp3) is 0.364. The quantitative estimate of drug-likeness (QED) is 0.731. The first kappa shape index (κ1) is 19.9. The highest BCUT2D eigenvalue weighted by Gasteiger charge is 2.17. The summed E-state index contributed by atoms with van der Waals surface area (Å²) < 4.78 is 11.1. The van der Waals surface area contributed by atoms with Gasteiger partial charge in [-0.05, 0) is 55.7 Å². The number of carbonyl (C=O) groups is 2. The van der Waals surface area contributed by atoms with Crippen molar-refractivity contribution in [2.24, 2.45) is 0 Å². The van der Waals surface area contributed by atoms with Crippen LogP contribution in [0, 0.1) is 0 Å². The van der Waals surface area contributed by atoms with Crippen LogP contribution in [-0.4, -0.2) is 37.7 Å². The summed E-state index contributed by atoms with van der Waals surface area (Å²) in [4.78, 5) is 24.9. The first-order valence-corrected chi connectivity index (χ1v) is 9.70. The molecule has 6 heteroatoms. The van der Waals surface area contributed by atoms with E-state index in [0.29, 0.717) is 35.7 Å². The lowest BCUT2D eigenvalue weighted by Gasteiger charge is -2.12. The van der Waals surface area contributed by atoms with Crippen LogP contribution in [0.3, 0.4) is 0 Å². The third-order valence-corrected chi connectivity index (χ3v) is 4.47. The molecule has 2 aromatic carbocycles. The van der Waals surface area contributed by atoms with E-state index in [4.69, 9.17) is 9.47 Å². The number of hydrogen-bond acceptors (Lipinski definition) is 4. The molecule has 1 heterocycles. The normalized spacial score (nSPS) is 15.8. The molecule has 1 saturated heterocycles. The lowest BCUT2D eigenvalue weighted by atomic mass is 10.1. The van der Waals surface area contributed by atoms with Gasteiger partial charge in [0.05, 0.1) is 12.7 Å². The van der Waals surface area contributed by atoms with E-state index in [9.17, 15) is 9.59 Å². The monoisotopic (exact) mass is 382 g/mol. The minimum atomic E-state index is -0.251. The fourth-order valence-electron chi connectivity index (χ4n) is 3.00. The maximum absolute atomic E-state index is 12.5. The lowest BCUT2D eigenvalue weighted by molar-refractivity contribution is 0.0857. The summed E-state index contributed by atoms with van der Waals surface area (Å²) in [6.07, 6.45) is 3.00. The van der Waals surface area contributed by atoms with Gasteiger partial charge in [0.2, 0.25) is 0 Å². The van der Waals surface area contributed by atoms with Gasteiger partial charge in [0, 0.05) is 30.0 Å². The summed E-state index contributed by atoms with van der Waals surface area (Å²) in [6.45, 7) is 3.89. The topological polar surface area (TPSA) is 76.7 Å². The Hall–Kier alpha value is -2.86. The number of nitrogens with one attached hydrogen (secondary N) is 2. The van der Waals surface area contributed by atoms with Crippen LogP contribution < -0.4 is 15.4 Å². The van der Waals surface area contributed by atoms with Crippen LogP contribution in [0.4, 0.5) is 5.69 Å². The summed E-state index contributed by atoms with van der Waals surface area (Å²) in [6, 6.07) is 13.9. The number of hydrogen-bond donors (Lipinski definition) is 2. The molecule has 0 bridgehead atoms. The van der Waals surface area contributed by atoms with Gasteiger partial charge < -0.3 is 20.1 Å². The summed E-state index contributed by atoms with van der Waals surface area (Å²) in [5.74, 6) is 0.234. The Kier molecular flexibility index (Phi) is 7.03. The number of ether oxygens (including phenoxy) is 2. The molecule has 148 valence electrons. The molecular formula is C22H26N2O4. The van der Waals surface area contributed by atoms with Crippen LogP contribution in [0.15, 0.2) is 48.5 Å². The minimum Gasteiger partial charge on any atom is -0.494 e. The highest BCUT2D eigenvalue weighted by Crippen LogP contribution is 2.17. The van der Waals surface area contributed by atoms with Gasteiger partial charge in [-0.1, -0.05) is 19.1 Å². The zero-order valence-electron chi connectivity index (χ0n) is 16.1. The summed E-state index contributed by atoms with van der Waals surface area (Å²) in [5.41, 5.74) is 1.56. The molecule has 3 rings (SSSR count). The second kappa shape index (κ2) is 9.90. The molecule has 2 N–H and O–H groups in total. The number of anilines is 1. The molecule has 0 spiro atoms. The summed E-state index contributed by atoms with van der Waals surface area (Å²) in [7, 11) is 0. The van der Waals surface area contributed by atoms with Crippen molar-refractivity contribution in [3.05, 3.63) is 59.7 Å². The van der Waals surface area contributed by atoms with E-state index in [1.54, 1.807) is 42.5 Å². The fourth-order valence-corrected chi connectivity index (χ4v) is 3.00. The molecule has 0 radical (unpaired) electrons. The van der Waals surface area contributed by atoms with Crippen LogP contribution in [0.5, 0.6) is 5.75 Å². The molecule has 0 aliphatic carbocycles. The number of rotatable bonds is 8. The molecule has 6 nitrogen and oxygen atoms in total. The van der Waals surface area contributed by atoms with E-state index in [-0.39, 0.29) is 17.9 Å². The standard InChI is InChI=1S/C22H26N2O4/c1-2-11-27-19-9-4-7-17(14-19)22(26)24-18-8-3-6-16(13-18)21(25)23-15-20-10-5-12-28-20/h3-4,6-9,13-14,20H,2,5,10-12,15H2,1H3,(H,23,25)(H,24,26)/t20-/m0/s1. The molecule has 0 unspecified atom stereocenters. The minimum absolute atomic E-state index is 0.0917. The van der Waals surface area contributed by atoms with Crippen molar-refractivity contribution < 1.29 is 19.1 Å². The van der Waals surface area contributed by atoms with Gasteiger partial charge in [0.1, 0.15) is 5.75 Å². The third-order valence-electron chi connectivity index (χ3n) is 4.47. The number of amides is 2. The van der Waals surface area contributed by atoms with Gasteiger partial charge in [-0.2, -0.15) is 0 Å². The smallest absolute Gasteiger partial charge is 0.255 e. The summed E-state index contributed by atoms with van der Waals surface area (Å²) in [5, 5.41) is 5.72. The molecule has 2 aromatic rings. The SMILES string of the molecule is CCCOc1cccc(C(=O)Nc2cccc(C(=O)NC[C@@H]3CCCO3)c2)c1. The van der Waals surface area contributed by atoms with Crippen LogP contribution in [0.2, 0.25) is 0 Å². The second-order valence-electron chi connectivity index (χ2n) is 6.76. The molecule has 0 aromatic heterocycles. The van der Waals surface area contributed by atoms with Gasteiger partial charge in [0.25, 0.3) is 11.8 Å². The van der Waals surface area contributed by atoms with Crippen molar-refractivity contribution in [3.63, 3.8) is 0 Å². The van der Waals surface area contributed by atoms with Crippen LogP contribution in [-0.2, 0) is 4.74 Å². The molecular weight excluding hydrogens is 356 g/mol. The molecule has 1 aliphatic heterocycles. The number of carbonyl (C=O) groups excluding carboxylic acids is 2.